The minimum absolute atomic E-state index is 0.799. The first kappa shape index (κ1) is 10.1. The fraction of sp³-hybridized carbons (Fsp3) is 0.667. The van der Waals surface area contributed by atoms with Crippen LogP contribution >= 0.6 is 11.3 Å². The van der Waals surface area contributed by atoms with Crippen LogP contribution < -0.4 is 0 Å². The van der Waals surface area contributed by atoms with Crippen LogP contribution in [0.1, 0.15) is 10.8 Å². The summed E-state index contributed by atoms with van der Waals surface area (Å²) in [6, 6.07) is 0. The molecule has 0 bridgehead atoms. The van der Waals surface area contributed by atoms with Crippen molar-refractivity contribution in [3.05, 3.63) is 10.8 Å². The molecule has 1 aliphatic heterocycles. The van der Waals surface area contributed by atoms with Crippen LogP contribution in [0.4, 0.5) is 0 Å². The minimum atomic E-state index is 0.799. The topological polar surface area (TPSA) is 55.5 Å². The van der Waals surface area contributed by atoms with E-state index in [1.54, 1.807) is 11.3 Å². The van der Waals surface area contributed by atoms with E-state index in [1.165, 1.54) is 0 Å². The second kappa shape index (κ2) is 4.08. The summed E-state index contributed by atoms with van der Waals surface area (Å²) >= 11 is 1.57. The van der Waals surface area contributed by atoms with Gasteiger partial charge in [-0.05, 0) is 6.92 Å². The quantitative estimate of drug-likeness (QED) is 0.755. The van der Waals surface area contributed by atoms with Crippen molar-refractivity contribution in [3.8, 4) is 0 Å². The number of aryl methyl sites for hydroxylation is 1. The Morgan fingerprint density at radius 2 is 2.12 bits per heavy atom. The molecule has 0 unspecified atom stereocenters. The van der Waals surface area contributed by atoms with Gasteiger partial charge in [0.25, 0.3) is 0 Å². The Bertz CT molecular complexity index is 487. The average Bonchev–Trinajstić information content (AvgIpc) is 2.81. The van der Waals surface area contributed by atoms with Gasteiger partial charge in [0.2, 0.25) is 4.96 Å². The fourth-order valence-electron chi connectivity index (χ4n) is 1.81. The van der Waals surface area contributed by atoms with Gasteiger partial charge in [-0.1, -0.05) is 11.3 Å². The predicted octanol–water partition coefficient (Wildman–Crippen LogP) is 0.326. The summed E-state index contributed by atoms with van der Waals surface area (Å²) in [6.07, 6.45) is 0. The molecule has 6 nitrogen and oxygen atoms in total. The molecule has 0 atom stereocenters. The van der Waals surface area contributed by atoms with Crippen LogP contribution in [0.5, 0.6) is 0 Å². The number of ether oxygens (including phenoxy) is 1. The Morgan fingerprint density at radius 1 is 1.31 bits per heavy atom. The zero-order chi connectivity index (χ0) is 11.0. The summed E-state index contributed by atoms with van der Waals surface area (Å²) in [5, 5.41) is 13.7. The molecule has 1 aliphatic rings. The van der Waals surface area contributed by atoms with Crippen molar-refractivity contribution in [1.82, 2.24) is 24.7 Å². The molecule has 3 heterocycles. The highest BCUT2D eigenvalue weighted by atomic mass is 32.1. The second-order valence-corrected chi connectivity index (χ2v) is 4.98. The van der Waals surface area contributed by atoms with Gasteiger partial charge in [0.05, 0.1) is 19.8 Å². The Hall–Kier alpha value is -1.05. The summed E-state index contributed by atoms with van der Waals surface area (Å²) in [7, 11) is 0. The number of rotatable bonds is 2. The average molecular weight is 239 g/mol. The molecule has 0 saturated carbocycles. The van der Waals surface area contributed by atoms with E-state index in [4.69, 9.17) is 4.74 Å². The normalized spacial score (nSPS) is 18.3. The lowest BCUT2D eigenvalue weighted by molar-refractivity contribution is 0.0328. The third kappa shape index (κ3) is 1.81. The molecule has 3 rings (SSSR count). The van der Waals surface area contributed by atoms with Crippen molar-refractivity contribution in [1.29, 1.82) is 0 Å². The molecule has 2 aromatic rings. The van der Waals surface area contributed by atoms with Gasteiger partial charge in [-0.15, -0.1) is 10.2 Å². The molecule has 16 heavy (non-hydrogen) atoms. The van der Waals surface area contributed by atoms with E-state index in [2.05, 4.69) is 20.2 Å². The Kier molecular flexibility index (Phi) is 2.58. The third-order valence-corrected chi connectivity index (χ3v) is 3.44. The molecule has 0 aliphatic carbocycles. The summed E-state index contributed by atoms with van der Waals surface area (Å²) < 4.78 is 7.16. The molecule has 86 valence electrons. The van der Waals surface area contributed by atoms with Gasteiger partial charge in [0, 0.05) is 13.1 Å². The molecule has 7 heteroatoms. The van der Waals surface area contributed by atoms with Crippen molar-refractivity contribution in [2.24, 2.45) is 0 Å². The van der Waals surface area contributed by atoms with Crippen LogP contribution in [-0.2, 0) is 11.3 Å². The predicted molar refractivity (Wildman–Crippen MR) is 59.5 cm³/mol. The highest BCUT2D eigenvalue weighted by Crippen LogP contribution is 2.13. The summed E-state index contributed by atoms with van der Waals surface area (Å²) in [6.45, 7) is 6.30. The van der Waals surface area contributed by atoms with Gasteiger partial charge >= 0.3 is 0 Å². The van der Waals surface area contributed by atoms with E-state index < -0.39 is 0 Å². The largest absolute Gasteiger partial charge is 0.379 e. The standard InChI is InChI=1S/C9H13N5OS/c1-7-12-14-8(10-11-9(14)16-7)6-13-2-4-15-5-3-13/h2-6H2,1H3. The highest BCUT2D eigenvalue weighted by molar-refractivity contribution is 7.16. The fourth-order valence-corrected chi connectivity index (χ4v) is 2.51. The summed E-state index contributed by atoms with van der Waals surface area (Å²) in [4.78, 5) is 3.19. The number of fused-ring (bicyclic) bond motifs is 1. The smallest absolute Gasteiger partial charge is 0.234 e. The van der Waals surface area contributed by atoms with Crippen molar-refractivity contribution >= 4 is 16.3 Å². The van der Waals surface area contributed by atoms with Gasteiger partial charge in [-0.2, -0.15) is 9.61 Å². The van der Waals surface area contributed by atoms with Crippen molar-refractivity contribution in [2.45, 2.75) is 13.5 Å². The molecular weight excluding hydrogens is 226 g/mol. The number of nitrogens with zero attached hydrogens (tertiary/aromatic N) is 5. The molecule has 2 aromatic heterocycles. The number of morpholine rings is 1. The highest BCUT2D eigenvalue weighted by Gasteiger charge is 2.15. The maximum absolute atomic E-state index is 5.31. The lowest BCUT2D eigenvalue weighted by atomic mass is 10.4. The third-order valence-electron chi connectivity index (χ3n) is 2.63. The zero-order valence-electron chi connectivity index (χ0n) is 9.09. The van der Waals surface area contributed by atoms with E-state index in [1.807, 2.05) is 11.4 Å². The van der Waals surface area contributed by atoms with Crippen molar-refractivity contribution < 1.29 is 4.74 Å². The van der Waals surface area contributed by atoms with E-state index in [0.29, 0.717) is 0 Å². The van der Waals surface area contributed by atoms with Gasteiger partial charge in [0.1, 0.15) is 5.01 Å². The first-order chi connectivity index (χ1) is 7.83. The molecular formula is C9H13N5OS. The van der Waals surface area contributed by atoms with Crippen LogP contribution in [0.15, 0.2) is 0 Å². The molecule has 0 amide bonds. The van der Waals surface area contributed by atoms with Crippen LogP contribution in [0, 0.1) is 6.92 Å². The van der Waals surface area contributed by atoms with Gasteiger partial charge in [0.15, 0.2) is 5.82 Å². The van der Waals surface area contributed by atoms with Gasteiger partial charge in [-0.3, -0.25) is 4.90 Å². The first-order valence-corrected chi connectivity index (χ1v) is 6.12. The molecule has 0 N–H and O–H groups in total. The van der Waals surface area contributed by atoms with E-state index >= 15 is 0 Å². The van der Waals surface area contributed by atoms with Crippen molar-refractivity contribution in [2.75, 3.05) is 26.3 Å². The summed E-state index contributed by atoms with van der Waals surface area (Å²) in [5.41, 5.74) is 0. The molecule has 1 fully saturated rings. The molecule has 0 spiro atoms. The molecule has 0 radical (unpaired) electrons. The molecule has 0 aromatic carbocycles. The monoisotopic (exact) mass is 239 g/mol. The number of aromatic nitrogens is 4. The van der Waals surface area contributed by atoms with E-state index in [0.717, 1.165) is 48.6 Å². The van der Waals surface area contributed by atoms with Crippen LogP contribution in [-0.4, -0.2) is 51.0 Å². The molecule has 1 saturated heterocycles. The number of hydrogen-bond donors (Lipinski definition) is 0. The van der Waals surface area contributed by atoms with E-state index in [9.17, 15) is 0 Å². The first-order valence-electron chi connectivity index (χ1n) is 5.31. The van der Waals surface area contributed by atoms with Crippen molar-refractivity contribution in [3.63, 3.8) is 0 Å². The Morgan fingerprint density at radius 3 is 2.94 bits per heavy atom. The Balaban J connectivity index is 1.82. The van der Waals surface area contributed by atoms with Gasteiger partial charge in [-0.25, -0.2) is 0 Å². The maximum Gasteiger partial charge on any atom is 0.234 e. The minimum Gasteiger partial charge on any atom is -0.379 e. The van der Waals surface area contributed by atoms with Crippen LogP contribution in [0.3, 0.4) is 0 Å². The lowest BCUT2D eigenvalue weighted by Gasteiger charge is -2.25. The maximum atomic E-state index is 5.31. The Labute approximate surface area is 96.8 Å². The van der Waals surface area contributed by atoms with Crippen LogP contribution in [0.25, 0.3) is 4.96 Å². The van der Waals surface area contributed by atoms with E-state index in [-0.39, 0.29) is 0 Å². The SMILES string of the molecule is Cc1nn2c(CN3CCOCC3)nnc2s1. The zero-order valence-corrected chi connectivity index (χ0v) is 9.90. The summed E-state index contributed by atoms with van der Waals surface area (Å²) in [5.74, 6) is 0.918. The van der Waals surface area contributed by atoms with Gasteiger partial charge < -0.3 is 4.74 Å². The second-order valence-electron chi connectivity index (χ2n) is 3.82. The lowest BCUT2D eigenvalue weighted by Crippen LogP contribution is -2.36. The van der Waals surface area contributed by atoms with Crippen LogP contribution in [0.2, 0.25) is 0 Å². The number of hydrogen-bond acceptors (Lipinski definition) is 6.